The minimum absolute atomic E-state index is 0.351. The summed E-state index contributed by atoms with van der Waals surface area (Å²) in [7, 11) is 0. The summed E-state index contributed by atoms with van der Waals surface area (Å²) in [6.07, 6.45) is 6.30. The van der Waals surface area contributed by atoms with Gasteiger partial charge in [0.15, 0.2) is 0 Å². The Hall–Kier alpha value is -0.0800. The van der Waals surface area contributed by atoms with E-state index in [2.05, 4.69) is 53.5 Å². The molecule has 0 saturated heterocycles. The third-order valence-corrected chi connectivity index (χ3v) is 3.68. The van der Waals surface area contributed by atoms with Gasteiger partial charge in [-0.1, -0.05) is 47.5 Å². The van der Waals surface area contributed by atoms with Crippen LogP contribution >= 0.6 is 0 Å². The lowest BCUT2D eigenvalue weighted by Crippen LogP contribution is -2.43. The quantitative estimate of drug-likeness (QED) is 0.509. The topological polar surface area (TPSA) is 12.5 Å². The van der Waals surface area contributed by atoms with Crippen molar-refractivity contribution in [2.75, 3.05) is 0 Å². The van der Waals surface area contributed by atoms with Gasteiger partial charge in [-0.15, -0.1) is 0 Å². The Morgan fingerprint density at radius 2 is 1.28 bits per heavy atom. The van der Waals surface area contributed by atoms with Crippen LogP contribution in [0.25, 0.3) is 0 Å². The highest BCUT2D eigenvalue weighted by atomic mass is 16.7. The van der Waals surface area contributed by atoms with Gasteiger partial charge in [-0.25, -0.2) is 0 Å². The van der Waals surface area contributed by atoms with E-state index in [0.29, 0.717) is 24.1 Å². The second kappa shape index (κ2) is 9.80. The van der Waals surface area contributed by atoms with Crippen LogP contribution in [0.2, 0.25) is 0 Å². The number of hydroxylamine groups is 2. The summed E-state index contributed by atoms with van der Waals surface area (Å²) in [6.45, 7) is 15.8. The predicted molar refractivity (Wildman–Crippen MR) is 80.6 cm³/mol. The highest BCUT2D eigenvalue weighted by Gasteiger charge is 2.24. The molecule has 0 fully saturated rings. The summed E-state index contributed by atoms with van der Waals surface area (Å²) in [4.78, 5) is 6.32. The van der Waals surface area contributed by atoms with Crippen molar-refractivity contribution in [2.45, 2.75) is 98.8 Å². The van der Waals surface area contributed by atoms with Crippen LogP contribution in [-0.2, 0) is 4.84 Å². The molecular formula is C16H35NO. The lowest BCUT2D eigenvalue weighted by molar-refractivity contribution is -0.250. The average molecular weight is 257 g/mol. The second-order valence-corrected chi connectivity index (χ2v) is 5.93. The van der Waals surface area contributed by atoms with Gasteiger partial charge >= 0.3 is 0 Å². The first kappa shape index (κ1) is 17.9. The van der Waals surface area contributed by atoms with E-state index >= 15 is 0 Å². The van der Waals surface area contributed by atoms with E-state index in [0.717, 1.165) is 6.42 Å². The van der Waals surface area contributed by atoms with Crippen molar-refractivity contribution in [3.8, 4) is 0 Å². The van der Waals surface area contributed by atoms with Crippen LogP contribution in [0.1, 0.15) is 80.6 Å². The van der Waals surface area contributed by atoms with Crippen LogP contribution in [0.15, 0.2) is 0 Å². The van der Waals surface area contributed by atoms with Crippen LogP contribution in [0.3, 0.4) is 0 Å². The van der Waals surface area contributed by atoms with Gasteiger partial charge in [-0.3, -0.25) is 4.84 Å². The average Bonchev–Trinajstić information content (AvgIpc) is 2.30. The summed E-state index contributed by atoms with van der Waals surface area (Å²) in [6, 6.07) is 1.04. The second-order valence-electron chi connectivity index (χ2n) is 5.93. The van der Waals surface area contributed by atoms with Gasteiger partial charge in [0.05, 0.1) is 6.10 Å². The zero-order valence-electron chi connectivity index (χ0n) is 13.7. The minimum atomic E-state index is 0.351. The molecule has 0 rings (SSSR count). The van der Waals surface area contributed by atoms with Crippen LogP contribution < -0.4 is 0 Å². The standard InChI is InChI=1S/C16H35NO/c1-8-11-14(6)17(15(7)12-9-2)18-16(10-3)13(4)5/h13-16H,8-12H2,1-7H3. The summed E-state index contributed by atoms with van der Waals surface area (Å²) in [5.74, 6) is 0.583. The molecule has 0 aliphatic rings. The Balaban J connectivity index is 4.63. The van der Waals surface area contributed by atoms with Gasteiger partial charge in [0.25, 0.3) is 0 Å². The molecule has 3 atom stereocenters. The molecule has 0 saturated carbocycles. The lowest BCUT2D eigenvalue weighted by atomic mass is 10.1. The molecule has 2 nitrogen and oxygen atoms in total. The first-order valence-electron chi connectivity index (χ1n) is 7.92. The molecule has 0 aromatic carbocycles. The van der Waals surface area contributed by atoms with E-state index in [4.69, 9.17) is 4.84 Å². The fourth-order valence-electron chi connectivity index (χ4n) is 2.56. The van der Waals surface area contributed by atoms with E-state index in [1.807, 2.05) is 0 Å². The van der Waals surface area contributed by atoms with Gasteiger partial charge in [-0.05, 0) is 39.0 Å². The number of rotatable bonds is 10. The molecule has 0 amide bonds. The molecule has 2 heteroatoms. The fraction of sp³-hybridized carbons (Fsp3) is 1.00. The van der Waals surface area contributed by atoms with Crippen LogP contribution in [-0.4, -0.2) is 23.3 Å². The maximum atomic E-state index is 6.32. The first-order valence-corrected chi connectivity index (χ1v) is 7.92. The van der Waals surface area contributed by atoms with Crippen LogP contribution in [0, 0.1) is 5.92 Å². The first-order chi connectivity index (χ1) is 8.47. The Morgan fingerprint density at radius 3 is 1.56 bits per heavy atom. The highest BCUT2D eigenvalue weighted by molar-refractivity contribution is 4.69. The van der Waals surface area contributed by atoms with Crippen molar-refractivity contribution in [3.63, 3.8) is 0 Å². The zero-order chi connectivity index (χ0) is 14.1. The molecule has 0 bridgehead atoms. The fourth-order valence-corrected chi connectivity index (χ4v) is 2.56. The molecular weight excluding hydrogens is 222 g/mol. The Bertz CT molecular complexity index is 182. The molecule has 0 heterocycles. The third-order valence-electron chi connectivity index (χ3n) is 3.68. The van der Waals surface area contributed by atoms with E-state index in [-0.39, 0.29) is 0 Å². The maximum Gasteiger partial charge on any atom is 0.0813 e. The molecule has 3 unspecified atom stereocenters. The molecule has 110 valence electrons. The Morgan fingerprint density at radius 1 is 0.833 bits per heavy atom. The molecule has 0 radical (unpaired) electrons. The van der Waals surface area contributed by atoms with Gasteiger partial charge in [0, 0.05) is 12.1 Å². The summed E-state index contributed by atoms with van der Waals surface area (Å²) in [5.41, 5.74) is 0. The van der Waals surface area contributed by atoms with E-state index in [1.165, 1.54) is 25.7 Å². The summed E-state index contributed by atoms with van der Waals surface area (Å²) >= 11 is 0. The number of hydrogen-bond donors (Lipinski definition) is 0. The van der Waals surface area contributed by atoms with Gasteiger partial charge in [0.1, 0.15) is 0 Å². The summed E-state index contributed by atoms with van der Waals surface area (Å²) in [5, 5.41) is 2.28. The van der Waals surface area contributed by atoms with Crippen molar-refractivity contribution in [1.82, 2.24) is 5.06 Å². The lowest BCUT2D eigenvalue weighted by Gasteiger charge is -2.37. The molecule has 0 aliphatic carbocycles. The normalized spacial score (nSPS) is 17.2. The zero-order valence-corrected chi connectivity index (χ0v) is 13.7. The van der Waals surface area contributed by atoms with Crippen LogP contribution in [0.4, 0.5) is 0 Å². The van der Waals surface area contributed by atoms with Crippen molar-refractivity contribution < 1.29 is 4.84 Å². The van der Waals surface area contributed by atoms with Gasteiger partial charge < -0.3 is 0 Å². The van der Waals surface area contributed by atoms with Gasteiger partial charge in [0.2, 0.25) is 0 Å². The highest BCUT2D eigenvalue weighted by Crippen LogP contribution is 2.20. The number of hydrogen-bond acceptors (Lipinski definition) is 2. The summed E-state index contributed by atoms with van der Waals surface area (Å²) < 4.78 is 0. The number of nitrogens with zero attached hydrogens (tertiary/aromatic N) is 1. The predicted octanol–water partition coefficient (Wildman–Crippen LogP) is 5.03. The van der Waals surface area contributed by atoms with Gasteiger partial charge in [-0.2, -0.15) is 5.06 Å². The van der Waals surface area contributed by atoms with Crippen molar-refractivity contribution >= 4 is 0 Å². The Kier molecular flexibility index (Phi) is 9.76. The molecule has 0 N–H and O–H groups in total. The largest absolute Gasteiger partial charge is 0.295 e. The minimum Gasteiger partial charge on any atom is -0.295 e. The molecule has 18 heavy (non-hydrogen) atoms. The monoisotopic (exact) mass is 257 g/mol. The van der Waals surface area contributed by atoms with Crippen molar-refractivity contribution in [1.29, 1.82) is 0 Å². The smallest absolute Gasteiger partial charge is 0.0813 e. The molecule has 0 aliphatic heterocycles. The SMILES string of the molecule is CCCC(C)N(OC(CC)C(C)C)C(C)CCC. The molecule has 0 spiro atoms. The van der Waals surface area contributed by atoms with Crippen molar-refractivity contribution in [2.24, 2.45) is 5.92 Å². The van der Waals surface area contributed by atoms with Crippen molar-refractivity contribution in [3.05, 3.63) is 0 Å². The molecule has 0 aromatic heterocycles. The van der Waals surface area contributed by atoms with E-state index in [1.54, 1.807) is 0 Å². The maximum absolute atomic E-state index is 6.32. The van der Waals surface area contributed by atoms with E-state index < -0.39 is 0 Å². The van der Waals surface area contributed by atoms with E-state index in [9.17, 15) is 0 Å². The van der Waals surface area contributed by atoms with Crippen LogP contribution in [0.5, 0.6) is 0 Å². The molecule has 0 aromatic rings. The Labute approximate surface area is 115 Å². The third kappa shape index (κ3) is 6.19.